The first-order valence-electron chi connectivity index (χ1n) is 11.8. The fraction of sp³-hybridized carbons (Fsp3) is 0.259. The Morgan fingerprint density at radius 3 is 2.16 bits per heavy atom. The van der Waals surface area contributed by atoms with Crippen molar-refractivity contribution >= 4 is 50.7 Å². The predicted octanol–water partition coefficient (Wildman–Crippen LogP) is 5.13. The lowest BCUT2D eigenvalue weighted by atomic mass is 10.1. The Hall–Kier alpha value is -3.07. The van der Waals surface area contributed by atoms with Crippen LogP contribution in [0.25, 0.3) is 0 Å². The summed E-state index contributed by atoms with van der Waals surface area (Å²) in [6, 6.07) is 20.3. The Kier molecular flexibility index (Phi) is 9.97. The number of carbonyl (C=O) groups is 2. The Morgan fingerprint density at radius 1 is 0.919 bits per heavy atom. The van der Waals surface area contributed by atoms with Gasteiger partial charge in [0.05, 0.1) is 15.6 Å². The number of rotatable bonds is 11. The minimum atomic E-state index is -4.16. The lowest BCUT2D eigenvalue weighted by Gasteiger charge is -2.32. The second kappa shape index (κ2) is 12.9. The summed E-state index contributed by atoms with van der Waals surface area (Å²) in [5.41, 5.74) is 0.902. The lowest BCUT2D eigenvalue weighted by molar-refractivity contribution is -0.139. The molecule has 3 aromatic rings. The number of benzene rings is 3. The monoisotopic (exact) mass is 561 g/mol. The van der Waals surface area contributed by atoms with Crippen LogP contribution in [-0.2, 0) is 26.2 Å². The van der Waals surface area contributed by atoms with Gasteiger partial charge in [-0.15, -0.1) is 0 Å². The molecule has 0 heterocycles. The molecule has 7 nitrogen and oxygen atoms in total. The molecule has 10 heteroatoms. The molecule has 0 saturated heterocycles. The maximum absolute atomic E-state index is 13.8. The quantitative estimate of drug-likeness (QED) is 0.351. The third-order valence-corrected chi connectivity index (χ3v) is 8.06. The van der Waals surface area contributed by atoms with Gasteiger partial charge in [0.1, 0.15) is 12.6 Å². The molecule has 1 atom stereocenters. The molecule has 3 rings (SSSR count). The van der Waals surface area contributed by atoms with Crippen molar-refractivity contribution in [3.05, 3.63) is 94.5 Å². The van der Waals surface area contributed by atoms with Gasteiger partial charge in [0.25, 0.3) is 10.0 Å². The van der Waals surface area contributed by atoms with Gasteiger partial charge in [-0.2, -0.15) is 0 Å². The minimum absolute atomic E-state index is 0.0145. The Bertz CT molecular complexity index is 1320. The van der Waals surface area contributed by atoms with E-state index in [9.17, 15) is 18.0 Å². The number of halogens is 2. The van der Waals surface area contributed by atoms with E-state index in [1.165, 1.54) is 23.1 Å². The lowest BCUT2D eigenvalue weighted by Crippen LogP contribution is -2.51. The molecule has 0 unspecified atom stereocenters. The predicted molar refractivity (Wildman–Crippen MR) is 147 cm³/mol. The molecule has 0 bridgehead atoms. The maximum atomic E-state index is 13.8. The van der Waals surface area contributed by atoms with Crippen molar-refractivity contribution in [1.82, 2.24) is 10.2 Å². The van der Waals surface area contributed by atoms with E-state index in [2.05, 4.69) is 5.32 Å². The fourth-order valence-electron chi connectivity index (χ4n) is 3.65. The minimum Gasteiger partial charge on any atom is -0.354 e. The van der Waals surface area contributed by atoms with Gasteiger partial charge in [0, 0.05) is 18.1 Å². The van der Waals surface area contributed by atoms with Gasteiger partial charge >= 0.3 is 0 Å². The molecular formula is C27H29Cl2N3O4S. The third-order valence-electron chi connectivity index (χ3n) is 5.71. The van der Waals surface area contributed by atoms with E-state index in [1.807, 2.05) is 6.92 Å². The summed E-state index contributed by atoms with van der Waals surface area (Å²) in [6.45, 7) is 3.53. The summed E-state index contributed by atoms with van der Waals surface area (Å²) in [6.07, 6.45) is 0.735. The zero-order valence-electron chi connectivity index (χ0n) is 20.6. The topological polar surface area (TPSA) is 86.8 Å². The van der Waals surface area contributed by atoms with E-state index in [-0.39, 0.29) is 28.1 Å². The summed E-state index contributed by atoms with van der Waals surface area (Å²) in [7, 11) is -4.16. The van der Waals surface area contributed by atoms with E-state index in [1.54, 1.807) is 67.6 Å². The van der Waals surface area contributed by atoms with Crippen molar-refractivity contribution in [3.63, 3.8) is 0 Å². The van der Waals surface area contributed by atoms with Crippen molar-refractivity contribution in [1.29, 1.82) is 0 Å². The number of carbonyl (C=O) groups excluding carboxylic acids is 2. The molecule has 2 amide bonds. The van der Waals surface area contributed by atoms with Crippen LogP contribution in [-0.4, -0.2) is 44.3 Å². The summed E-state index contributed by atoms with van der Waals surface area (Å²) in [4.78, 5) is 28.0. The van der Waals surface area contributed by atoms with Crippen LogP contribution in [0.15, 0.2) is 83.8 Å². The van der Waals surface area contributed by atoms with Crippen LogP contribution in [0.2, 0.25) is 10.0 Å². The highest BCUT2D eigenvalue weighted by Gasteiger charge is 2.33. The van der Waals surface area contributed by atoms with Gasteiger partial charge in [-0.05, 0) is 55.3 Å². The highest BCUT2D eigenvalue weighted by Crippen LogP contribution is 2.30. The van der Waals surface area contributed by atoms with E-state index in [0.29, 0.717) is 11.6 Å². The zero-order chi connectivity index (χ0) is 27.0. The van der Waals surface area contributed by atoms with Crippen LogP contribution in [0, 0.1) is 0 Å². The van der Waals surface area contributed by atoms with E-state index >= 15 is 0 Å². The molecule has 196 valence electrons. The summed E-state index contributed by atoms with van der Waals surface area (Å²) in [5, 5.41) is 3.52. The molecule has 0 spiro atoms. The highest BCUT2D eigenvalue weighted by molar-refractivity contribution is 7.92. The first-order valence-corrected chi connectivity index (χ1v) is 14.0. The Labute approximate surface area is 228 Å². The first-order chi connectivity index (χ1) is 17.6. The second-order valence-corrected chi connectivity index (χ2v) is 11.1. The van der Waals surface area contributed by atoms with Gasteiger partial charge in [-0.25, -0.2) is 8.42 Å². The molecule has 0 fully saturated rings. The van der Waals surface area contributed by atoms with Crippen LogP contribution in [0.4, 0.5) is 5.69 Å². The summed E-state index contributed by atoms with van der Waals surface area (Å²) in [5.74, 6) is -0.895. The van der Waals surface area contributed by atoms with Crippen LogP contribution in [0.3, 0.4) is 0 Å². The number of para-hydroxylation sites is 1. The first kappa shape index (κ1) is 28.5. The van der Waals surface area contributed by atoms with E-state index < -0.39 is 28.5 Å². The summed E-state index contributed by atoms with van der Waals surface area (Å²) >= 11 is 12.4. The van der Waals surface area contributed by atoms with Gasteiger partial charge in [-0.3, -0.25) is 13.9 Å². The fourth-order valence-corrected chi connectivity index (χ4v) is 5.52. The average molecular weight is 563 g/mol. The van der Waals surface area contributed by atoms with E-state index in [4.69, 9.17) is 23.2 Å². The molecule has 0 aliphatic rings. The maximum Gasteiger partial charge on any atom is 0.264 e. The Balaban J connectivity index is 2.01. The molecular weight excluding hydrogens is 533 g/mol. The number of nitrogens with zero attached hydrogens (tertiary/aromatic N) is 2. The molecule has 0 aliphatic carbocycles. The van der Waals surface area contributed by atoms with Crippen molar-refractivity contribution < 1.29 is 18.0 Å². The number of anilines is 1. The van der Waals surface area contributed by atoms with Crippen molar-refractivity contribution in [2.24, 2.45) is 0 Å². The normalized spacial score (nSPS) is 12.0. The molecule has 0 aromatic heterocycles. The smallest absolute Gasteiger partial charge is 0.264 e. The van der Waals surface area contributed by atoms with Crippen LogP contribution in [0.5, 0.6) is 0 Å². The van der Waals surface area contributed by atoms with Crippen LogP contribution >= 0.6 is 23.2 Å². The molecule has 0 aliphatic heterocycles. The highest BCUT2D eigenvalue weighted by atomic mass is 35.5. The van der Waals surface area contributed by atoms with E-state index in [0.717, 1.165) is 16.3 Å². The van der Waals surface area contributed by atoms with Crippen molar-refractivity contribution in [3.8, 4) is 0 Å². The second-order valence-electron chi connectivity index (χ2n) is 8.39. The molecule has 1 N–H and O–H groups in total. The molecule has 0 radical (unpaired) electrons. The Morgan fingerprint density at radius 2 is 1.54 bits per heavy atom. The molecule has 0 saturated carbocycles. The van der Waals surface area contributed by atoms with Crippen LogP contribution in [0.1, 0.15) is 25.8 Å². The molecule has 3 aromatic carbocycles. The number of sulfonamides is 1. The average Bonchev–Trinajstić information content (AvgIpc) is 2.90. The third kappa shape index (κ3) is 7.25. The number of amides is 2. The number of hydrogen-bond acceptors (Lipinski definition) is 4. The van der Waals surface area contributed by atoms with Crippen LogP contribution < -0.4 is 9.62 Å². The van der Waals surface area contributed by atoms with Gasteiger partial charge in [0.15, 0.2) is 0 Å². The molecule has 37 heavy (non-hydrogen) atoms. The van der Waals surface area contributed by atoms with Gasteiger partial charge < -0.3 is 10.2 Å². The number of nitrogens with one attached hydrogen (secondary N) is 1. The SMILES string of the molecule is CCCNC(=O)[C@H](C)N(Cc1ccc(Cl)cc1)C(=O)CN(c1ccccc1Cl)S(=O)(=O)c1ccccc1. The van der Waals surface area contributed by atoms with Gasteiger partial charge in [-0.1, -0.05) is 72.6 Å². The zero-order valence-corrected chi connectivity index (χ0v) is 22.9. The number of hydrogen-bond donors (Lipinski definition) is 1. The standard InChI is InChI=1S/C27H29Cl2N3O4S/c1-3-17-30-27(34)20(2)31(18-21-13-15-22(28)16-14-21)26(33)19-32(25-12-8-7-11-24(25)29)37(35,36)23-9-5-4-6-10-23/h4-16,20H,3,17-19H2,1-2H3,(H,30,34)/t20-/m0/s1. The van der Waals surface area contributed by atoms with Gasteiger partial charge in [0.2, 0.25) is 11.8 Å². The largest absolute Gasteiger partial charge is 0.354 e. The van der Waals surface area contributed by atoms with Crippen molar-refractivity contribution in [2.75, 3.05) is 17.4 Å². The van der Waals surface area contributed by atoms with Crippen molar-refractivity contribution in [2.45, 2.75) is 37.8 Å². The summed E-state index contributed by atoms with van der Waals surface area (Å²) < 4.78 is 28.4.